The zero-order valence-electron chi connectivity index (χ0n) is 29.9. The number of alkyl halides is 3. The molecule has 16 nitrogen and oxygen atoms in total. The van der Waals surface area contributed by atoms with E-state index < -0.39 is 54.1 Å². The molecule has 3 amide bonds. The average molecular weight is 807 g/mol. The van der Waals surface area contributed by atoms with Crippen molar-refractivity contribution >= 4 is 58.6 Å². The van der Waals surface area contributed by atoms with E-state index >= 15 is 0 Å². The van der Waals surface area contributed by atoms with Gasteiger partial charge in [0.05, 0.1) is 5.54 Å². The number of rotatable bonds is 15. The number of aliphatic carboxylic acids is 1. The van der Waals surface area contributed by atoms with Gasteiger partial charge in [-0.2, -0.15) is 28.1 Å². The molecule has 6 rings (SSSR count). The number of carbonyl (C=O) groups is 4. The van der Waals surface area contributed by atoms with Crippen molar-refractivity contribution < 1.29 is 42.2 Å². The smallest absolute Gasteiger partial charge is 0.422 e. The van der Waals surface area contributed by atoms with Crippen molar-refractivity contribution in [3.05, 3.63) is 107 Å². The third-order valence-electron chi connectivity index (χ3n) is 8.64. The van der Waals surface area contributed by atoms with E-state index in [0.717, 1.165) is 17.1 Å². The van der Waals surface area contributed by atoms with Crippen molar-refractivity contribution in [3.8, 4) is 11.7 Å². The van der Waals surface area contributed by atoms with E-state index in [9.17, 15) is 37.5 Å². The summed E-state index contributed by atoms with van der Waals surface area (Å²) in [6.07, 6.45) is -0.0645. The highest BCUT2D eigenvalue weighted by Gasteiger charge is 2.45. The Balaban J connectivity index is 1.03. The minimum Gasteiger partial charge on any atom is -0.480 e. The number of hydrogen-bond acceptors (Lipinski definition) is 11. The van der Waals surface area contributed by atoms with E-state index in [1.165, 1.54) is 24.3 Å². The minimum absolute atomic E-state index is 0.0449. The third-order valence-corrected chi connectivity index (χ3v) is 8.89. The highest BCUT2D eigenvalue weighted by atomic mass is 35.5. The first-order valence-corrected chi connectivity index (χ1v) is 17.6. The lowest BCUT2D eigenvalue weighted by molar-refractivity contribution is -0.154. The van der Waals surface area contributed by atoms with Crippen molar-refractivity contribution in [2.24, 2.45) is 0 Å². The Morgan fingerprint density at radius 3 is 2.19 bits per heavy atom. The molecule has 20 heteroatoms. The number of carboxylic acid groups (broad SMARTS) is 1. The number of carbonyl (C=O) groups excluding carboxylic acids is 3. The van der Waals surface area contributed by atoms with Gasteiger partial charge in [0.25, 0.3) is 5.91 Å². The Hall–Kier alpha value is -6.76. The Bertz CT molecular complexity index is 2250. The van der Waals surface area contributed by atoms with Crippen molar-refractivity contribution in [1.29, 1.82) is 0 Å². The molecule has 1 aliphatic rings. The van der Waals surface area contributed by atoms with Gasteiger partial charge >= 0.3 is 30.0 Å². The van der Waals surface area contributed by atoms with Gasteiger partial charge in [-0.25, -0.2) is 9.78 Å². The zero-order valence-corrected chi connectivity index (χ0v) is 30.7. The number of amides is 3. The molecule has 0 bridgehead atoms. The van der Waals surface area contributed by atoms with Gasteiger partial charge in [-0.1, -0.05) is 23.7 Å². The van der Waals surface area contributed by atoms with E-state index in [4.69, 9.17) is 16.3 Å². The molecule has 57 heavy (non-hydrogen) atoms. The molecule has 1 atom stereocenters. The predicted octanol–water partition coefficient (Wildman–Crippen LogP) is 5.13. The van der Waals surface area contributed by atoms with Crippen LogP contribution in [0.3, 0.4) is 0 Å². The van der Waals surface area contributed by atoms with Gasteiger partial charge in [0.15, 0.2) is 6.61 Å². The quantitative estimate of drug-likeness (QED) is 0.0760. The number of benzene rings is 3. The molecular formula is C37H34ClF3N10O6. The molecule has 0 aliphatic heterocycles. The summed E-state index contributed by atoms with van der Waals surface area (Å²) in [6.45, 7) is -0.0452. The Labute approximate surface area is 327 Å². The van der Waals surface area contributed by atoms with Crippen LogP contribution in [0.15, 0.2) is 85.2 Å². The monoisotopic (exact) mass is 806 g/mol. The highest BCUT2D eigenvalue weighted by Crippen LogP contribution is 2.48. The first-order chi connectivity index (χ1) is 27.2. The van der Waals surface area contributed by atoms with Gasteiger partial charge in [-0.05, 0) is 92.4 Å². The number of nitrogens with one attached hydrogen (secondary N) is 5. The largest absolute Gasteiger partial charge is 0.480 e. The number of anilines is 4. The fourth-order valence-corrected chi connectivity index (χ4v) is 5.69. The van der Waals surface area contributed by atoms with Gasteiger partial charge in [-0.3, -0.25) is 14.4 Å². The molecule has 2 heterocycles. The van der Waals surface area contributed by atoms with E-state index in [1.807, 2.05) is 23.6 Å². The maximum atomic E-state index is 13.0. The fourth-order valence-electron chi connectivity index (χ4n) is 5.56. The molecule has 296 valence electrons. The molecule has 0 spiro atoms. The van der Waals surface area contributed by atoms with Crippen LogP contribution in [-0.4, -0.2) is 78.7 Å². The van der Waals surface area contributed by atoms with Gasteiger partial charge < -0.3 is 41.0 Å². The molecule has 0 unspecified atom stereocenters. The summed E-state index contributed by atoms with van der Waals surface area (Å²) in [5, 5.41) is 23.5. The van der Waals surface area contributed by atoms with Crippen LogP contribution in [-0.2, 0) is 19.9 Å². The molecule has 5 aromatic rings. The van der Waals surface area contributed by atoms with Crippen LogP contribution < -0.4 is 31.3 Å². The fraction of sp³-hybridized carbons (Fsp3) is 0.243. The Kier molecular flexibility index (Phi) is 11.9. The first-order valence-electron chi connectivity index (χ1n) is 17.3. The third kappa shape index (κ3) is 10.7. The molecule has 0 radical (unpaired) electrons. The number of carboxylic acids is 1. The van der Waals surface area contributed by atoms with Gasteiger partial charge in [0.1, 0.15) is 11.9 Å². The SMILES string of the molecule is Cc1nccn1-c1ccc(NC(=O)C(=O)NCC[C@H](NC(=O)c2ccc(Nc3nc(NC4(c5ccc(Cl)cc5)CC4)nc(OCC(F)(F)F)n3)cc2)C(=O)O)cc1. The Morgan fingerprint density at radius 1 is 0.912 bits per heavy atom. The number of imidazole rings is 1. The second-order valence-corrected chi connectivity index (χ2v) is 13.3. The molecule has 6 N–H and O–H groups in total. The van der Waals surface area contributed by atoms with Crippen LogP contribution in [0.25, 0.3) is 5.69 Å². The summed E-state index contributed by atoms with van der Waals surface area (Å²) in [5.74, 6) is -3.53. The van der Waals surface area contributed by atoms with Crippen LogP contribution in [0.4, 0.5) is 36.4 Å². The van der Waals surface area contributed by atoms with Crippen molar-refractivity contribution in [2.75, 3.05) is 29.1 Å². The van der Waals surface area contributed by atoms with Gasteiger partial charge in [-0.15, -0.1) is 0 Å². The number of ether oxygens (including phenoxy) is 1. The van der Waals surface area contributed by atoms with E-state index in [0.29, 0.717) is 29.2 Å². The highest BCUT2D eigenvalue weighted by molar-refractivity contribution is 6.39. The lowest BCUT2D eigenvalue weighted by Crippen LogP contribution is -2.44. The number of nitrogens with zero attached hydrogens (tertiary/aromatic N) is 5. The van der Waals surface area contributed by atoms with E-state index in [1.54, 1.807) is 48.8 Å². The van der Waals surface area contributed by atoms with Gasteiger partial charge in [0.2, 0.25) is 11.9 Å². The zero-order chi connectivity index (χ0) is 40.7. The second-order valence-electron chi connectivity index (χ2n) is 12.8. The second kappa shape index (κ2) is 16.9. The maximum Gasteiger partial charge on any atom is 0.422 e. The average Bonchev–Trinajstić information content (AvgIpc) is 3.82. The number of halogens is 4. The van der Waals surface area contributed by atoms with Gasteiger partial charge in [0, 0.05) is 46.6 Å². The Morgan fingerprint density at radius 2 is 1.58 bits per heavy atom. The summed E-state index contributed by atoms with van der Waals surface area (Å²) in [7, 11) is 0. The maximum absolute atomic E-state index is 13.0. The van der Waals surface area contributed by atoms with Crippen molar-refractivity contribution in [2.45, 2.75) is 43.9 Å². The normalized spacial score (nSPS) is 13.5. The van der Waals surface area contributed by atoms with Crippen molar-refractivity contribution in [3.63, 3.8) is 0 Å². The standard InChI is InChI=1S/C37H34ClF3N10O6/c1-21-42-18-19-51(21)27-12-10-25(11-13-27)44-31(54)30(53)43-17-14-28(32(55)56)46-29(52)22-2-8-26(9-3-22)45-33-47-34(49-35(48-33)57-20-37(39,40)41)50-36(15-16-36)23-4-6-24(38)7-5-23/h2-13,18-19,28H,14-17,20H2,1H3,(H,43,53)(H,44,54)(H,46,52)(H,55,56)(H2,45,47,48,49,50)/t28-/m0/s1. The summed E-state index contributed by atoms with van der Waals surface area (Å²) in [6, 6.07) is 17.4. The minimum atomic E-state index is -4.65. The molecule has 3 aromatic carbocycles. The lowest BCUT2D eigenvalue weighted by Gasteiger charge is -2.19. The van der Waals surface area contributed by atoms with Crippen LogP contribution in [0.5, 0.6) is 6.01 Å². The molecule has 0 saturated heterocycles. The van der Waals surface area contributed by atoms with E-state index in [2.05, 4.69) is 46.5 Å². The first kappa shape index (κ1) is 39.9. The van der Waals surface area contributed by atoms with Crippen LogP contribution in [0, 0.1) is 6.92 Å². The molecule has 2 aromatic heterocycles. The number of hydrogen-bond donors (Lipinski definition) is 6. The van der Waals surface area contributed by atoms with Crippen LogP contribution in [0.2, 0.25) is 5.02 Å². The summed E-state index contributed by atoms with van der Waals surface area (Å²) >= 11 is 6.02. The molecule has 1 fully saturated rings. The van der Waals surface area contributed by atoms with E-state index in [-0.39, 0.29) is 30.4 Å². The topological polar surface area (TPSA) is 214 Å². The molecule has 1 saturated carbocycles. The summed E-state index contributed by atoms with van der Waals surface area (Å²) < 4.78 is 45.5. The molecular weight excluding hydrogens is 773 g/mol. The van der Waals surface area contributed by atoms with Crippen molar-refractivity contribution in [1.82, 2.24) is 35.1 Å². The molecule has 1 aliphatic carbocycles. The van der Waals surface area contributed by atoms with Crippen LogP contribution >= 0.6 is 11.6 Å². The van der Waals surface area contributed by atoms with Crippen LogP contribution in [0.1, 0.15) is 41.0 Å². The summed E-state index contributed by atoms with van der Waals surface area (Å²) in [4.78, 5) is 66.2. The predicted molar refractivity (Wildman–Crippen MR) is 201 cm³/mol. The summed E-state index contributed by atoms with van der Waals surface area (Å²) in [5.41, 5.74) is 1.87. The number of aryl methyl sites for hydroxylation is 1. The number of aromatic nitrogens is 5. The lowest BCUT2D eigenvalue weighted by atomic mass is 10.1.